The molecule has 0 saturated heterocycles. The first-order valence-electron chi connectivity index (χ1n) is 12.0. The quantitative estimate of drug-likeness (QED) is 0.513. The molecule has 1 aromatic rings. The smallest absolute Gasteiger partial charge is 0.337 e. The minimum atomic E-state index is -0.902. The molecule has 1 heterocycles. The molecule has 34 heavy (non-hydrogen) atoms. The molecule has 1 N–H and O–H groups in total. The highest BCUT2D eigenvalue weighted by molar-refractivity contribution is 6.12. The molecule has 0 aromatic heterocycles. The van der Waals surface area contributed by atoms with Gasteiger partial charge in [0.05, 0.1) is 19.8 Å². The van der Waals surface area contributed by atoms with E-state index in [1.807, 2.05) is 38.1 Å². The van der Waals surface area contributed by atoms with Gasteiger partial charge in [-0.2, -0.15) is 0 Å². The van der Waals surface area contributed by atoms with Gasteiger partial charge >= 0.3 is 11.9 Å². The topological polar surface area (TPSA) is 90.9 Å². The van der Waals surface area contributed by atoms with Gasteiger partial charge < -0.3 is 19.5 Å². The molecular formula is C27H33NO6. The summed E-state index contributed by atoms with van der Waals surface area (Å²) in [5, 5.41) is 3.31. The predicted molar refractivity (Wildman–Crippen MR) is 126 cm³/mol. The number of ketones is 1. The Kier molecular flexibility index (Phi) is 7.10. The molecule has 1 fully saturated rings. The summed E-state index contributed by atoms with van der Waals surface area (Å²) in [5.74, 6) is -2.34. The lowest BCUT2D eigenvalue weighted by Gasteiger charge is -2.38. The standard InChI is InChI=1S/C27H33NO6/c1-15-14-20-24(25(29)21(15)26(30)33-4)23(17-10-12-18(32-3)13-11-17)22(16(2)28-20)27(31)34-19-8-6-5-7-9-19/h10-13,15,19,21,23,28H,5-9,14H2,1-4H3. The number of hydrogen-bond acceptors (Lipinski definition) is 7. The van der Waals surface area contributed by atoms with E-state index in [-0.39, 0.29) is 17.8 Å². The van der Waals surface area contributed by atoms with Crippen LogP contribution in [-0.2, 0) is 23.9 Å². The van der Waals surface area contributed by atoms with E-state index in [2.05, 4.69) is 5.32 Å². The van der Waals surface area contributed by atoms with Gasteiger partial charge in [-0.15, -0.1) is 0 Å². The zero-order valence-electron chi connectivity index (χ0n) is 20.3. The predicted octanol–water partition coefficient (Wildman–Crippen LogP) is 4.18. The monoisotopic (exact) mass is 467 g/mol. The van der Waals surface area contributed by atoms with Crippen molar-refractivity contribution in [2.45, 2.75) is 64.4 Å². The van der Waals surface area contributed by atoms with Crippen LogP contribution in [0.5, 0.6) is 5.75 Å². The lowest BCUT2D eigenvalue weighted by Crippen LogP contribution is -2.43. The van der Waals surface area contributed by atoms with Gasteiger partial charge in [-0.25, -0.2) is 4.79 Å². The highest BCUT2D eigenvalue weighted by Crippen LogP contribution is 2.46. The third kappa shape index (κ3) is 4.48. The van der Waals surface area contributed by atoms with Crippen molar-refractivity contribution < 1.29 is 28.6 Å². The molecule has 7 nitrogen and oxygen atoms in total. The maximum absolute atomic E-state index is 13.7. The molecular weight excluding hydrogens is 434 g/mol. The van der Waals surface area contributed by atoms with Gasteiger partial charge in [-0.05, 0) is 62.6 Å². The van der Waals surface area contributed by atoms with E-state index in [9.17, 15) is 14.4 Å². The number of nitrogens with one attached hydrogen (secondary N) is 1. The second-order valence-electron chi connectivity index (χ2n) is 9.47. The summed E-state index contributed by atoms with van der Waals surface area (Å²) in [5.41, 5.74) is 3.07. The Hall–Kier alpha value is -3.09. The number of methoxy groups -OCH3 is 2. The lowest BCUT2D eigenvalue weighted by atomic mass is 9.69. The summed E-state index contributed by atoms with van der Waals surface area (Å²) in [4.78, 5) is 39.8. The number of benzene rings is 1. The van der Waals surface area contributed by atoms with Crippen LogP contribution >= 0.6 is 0 Å². The fourth-order valence-corrected chi connectivity index (χ4v) is 5.48. The molecule has 1 aliphatic heterocycles. The van der Waals surface area contributed by atoms with Gasteiger partial charge in [0.25, 0.3) is 0 Å². The molecule has 3 atom stereocenters. The van der Waals surface area contributed by atoms with E-state index < -0.39 is 23.8 Å². The fourth-order valence-electron chi connectivity index (χ4n) is 5.48. The number of esters is 2. The summed E-state index contributed by atoms with van der Waals surface area (Å²) in [6, 6.07) is 7.34. The molecule has 1 aromatic carbocycles. The number of Topliss-reactive ketones (excluding diaryl/α,β-unsaturated/α-hetero) is 1. The lowest BCUT2D eigenvalue weighted by molar-refractivity contribution is -0.151. The van der Waals surface area contributed by atoms with Gasteiger partial charge in [0.15, 0.2) is 5.78 Å². The molecule has 182 valence electrons. The molecule has 0 bridgehead atoms. The maximum Gasteiger partial charge on any atom is 0.337 e. The van der Waals surface area contributed by atoms with E-state index in [0.717, 1.165) is 43.4 Å². The molecule has 3 unspecified atom stereocenters. The molecule has 2 aliphatic carbocycles. The molecule has 0 radical (unpaired) electrons. The first-order valence-corrected chi connectivity index (χ1v) is 12.0. The third-order valence-electron chi connectivity index (χ3n) is 7.24. The van der Waals surface area contributed by atoms with Crippen molar-refractivity contribution in [1.82, 2.24) is 5.32 Å². The van der Waals surface area contributed by atoms with Crippen LogP contribution in [0.3, 0.4) is 0 Å². The van der Waals surface area contributed by atoms with Crippen LogP contribution in [0, 0.1) is 11.8 Å². The normalized spacial score (nSPS) is 25.4. The van der Waals surface area contributed by atoms with Crippen LogP contribution in [-0.4, -0.2) is 38.0 Å². The minimum absolute atomic E-state index is 0.113. The van der Waals surface area contributed by atoms with Crippen LogP contribution in [0.25, 0.3) is 0 Å². The summed E-state index contributed by atoms with van der Waals surface area (Å²) in [7, 11) is 2.88. The average molecular weight is 468 g/mol. The number of allylic oxidation sites excluding steroid dienone is 3. The van der Waals surface area contributed by atoms with E-state index in [0.29, 0.717) is 29.0 Å². The molecule has 4 rings (SSSR count). The van der Waals surface area contributed by atoms with Crippen molar-refractivity contribution in [2.24, 2.45) is 11.8 Å². The van der Waals surface area contributed by atoms with Crippen molar-refractivity contribution >= 4 is 17.7 Å². The summed E-state index contributed by atoms with van der Waals surface area (Å²) in [6.45, 7) is 3.72. The van der Waals surface area contributed by atoms with E-state index in [4.69, 9.17) is 14.2 Å². The van der Waals surface area contributed by atoms with Crippen LogP contribution in [0.15, 0.2) is 46.8 Å². The Morgan fingerprint density at radius 2 is 1.71 bits per heavy atom. The van der Waals surface area contributed by atoms with E-state index in [1.165, 1.54) is 7.11 Å². The first kappa shape index (κ1) is 24.0. The zero-order chi connectivity index (χ0) is 24.4. The van der Waals surface area contributed by atoms with Crippen LogP contribution < -0.4 is 10.1 Å². The van der Waals surface area contributed by atoms with Gasteiger partial charge in [-0.1, -0.05) is 25.5 Å². The summed E-state index contributed by atoms with van der Waals surface area (Å²) < 4.78 is 16.2. The third-order valence-corrected chi connectivity index (χ3v) is 7.24. The summed E-state index contributed by atoms with van der Waals surface area (Å²) >= 11 is 0. The van der Waals surface area contributed by atoms with Crippen molar-refractivity contribution in [3.63, 3.8) is 0 Å². The number of ether oxygens (including phenoxy) is 3. The molecule has 0 spiro atoms. The number of carbonyl (C=O) groups excluding carboxylic acids is 3. The SMILES string of the molecule is COC(=O)C1C(=O)C2=C(CC1C)NC(C)=C(C(=O)OC1CCCCC1)C2c1ccc(OC)cc1. The fraction of sp³-hybridized carbons (Fsp3) is 0.519. The zero-order valence-corrected chi connectivity index (χ0v) is 20.3. The second-order valence-corrected chi connectivity index (χ2v) is 9.47. The highest BCUT2D eigenvalue weighted by atomic mass is 16.5. The number of hydrogen-bond donors (Lipinski definition) is 1. The Morgan fingerprint density at radius 1 is 1.03 bits per heavy atom. The summed E-state index contributed by atoms with van der Waals surface area (Å²) in [6.07, 6.45) is 5.35. The van der Waals surface area contributed by atoms with Crippen molar-refractivity contribution in [3.05, 3.63) is 52.4 Å². The van der Waals surface area contributed by atoms with Crippen molar-refractivity contribution in [3.8, 4) is 5.75 Å². The number of dihydropyridines is 1. The van der Waals surface area contributed by atoms with Crippen LogP contribution in [0.2, 0.25) is 0 Å². The van der Waals surface area contributed by atoms with Gasteiger partial charge in [0, 0.05) is 22.9 Å². The Bertz CT molecular complexity index is 1030. The van der Waals surface area contributed by atoms with Gasteiger partial charge in [0.2, 0.25) is 0 Å². The Morgan fingerprint density at radius 3 is 2.32 bits per heavy atom. The Labute approximate surface area is 200 Å². The molecule has 7 heteroatoms. The van der Waals surface area contributed by atoms with Gasteiger partial charge in [-0.3, -0.25) is 9.59 Å². The molecule has 0 amide bonds. The van der Waals surface area contributed by atoms with E-state index in [1.54, 1.807) is 7.11 Å². The maximum atomic E-state index is 13.7. The highest BCUT2D eigenvalue weighted by Gasteiger charge is 2.47. The molecule has 3 aliphatic rings. The second kappa shape index (κ2) is 10.0. The minimum Gasteiger partial charge on any atom is -0.497 e. The van der Waals surface area contributed by atoms with E-state index >= 15 is 0 Å². The molecule has 1 saturated carbocycles. The van der Waals surface area contributed by atoms with Crippen molar-refractivity contribution in [1.29, 1.82) is 0 Å². The number of carbonyl (C=O) groups is 3. The van der Waals surface area contributed by atoms with Crippen molar-refractivity contribution in [2.75, 3.05) is 14.2 Å². The largest absolute Gasteiger partial charge is 0.497 e. The van der Waals surface area contributed by atoms with Gasteiger partial charge in [0.1, 0.15) is 17.8 Å². The van der Waals surface area contributed by atoms with Crippen LogP contribution in [0.1, 0.15) is 63.9 Å². The van der Waals surface area contributed by atoms with Crippen LogP contribution in [0.4, 0.5) is 0 Å². The first-order chi connectivity index (χ1) is 16.3. The average Bonchev–Trinajstić information content (AvgIpc) is 2.83. The number of rotatable bonds is 5. The Balaban J connectivity index is 1.77.